The van der Waals surface area contributed by atoms with Gasteiger partial charge in [0.2, 0.25) is 0 Å². The van der Waals surface area contributed by atoms with Crippen LogP contribution in [0, 0.1) is 6.92 Å². The number of aromatic hydroxyl groups is 1. The maximum Gasteiger partial charge on any atom is 0.115 e. The summed E-state index contributed by atoms with van der Waals surface area (Å²) in [5.41, 5.74) is 4.36. The first-order chi connectivity index (χ1) is 17.7. The summed E-state index contributed by atoms with van der Waals surface area (Å²) in [5, 5.41) is 9.27. The highest BCUT2D eigenvalue weighted by atomic mass is 32.2. The third kappa shape index (κ3) is 9.02. The third-order valence-electron chi connectivity index (χ3n) is 6.91. The van der Waals surface area contributed by atoms with E-state index < -0.39 is 0 Å². The number of hydrogen-bond acceptors (Lipinski definition) is 3. The lowest BCUT2D eigenvalue weighted by atomic mass is 9.82. The fourth-order valence-electron chi connectivity index (χ4n) is 3.67. The van der Waals surface area contributed by atoms with Gasteiger partial charge < -0.3 is 5.11 Å². The summed E-state index contributed by atoms with van der Waals surface area (Å²) >= 11 is 3.54. The minimum Gasteiger partial charge on any atom is -0.508 e. The Labute approximate surface area is 232 Å². The van der Waals surface area contributed by atoms with Gasteiger partial charge in [0.05, 0.1) is 0 Å². The second-order valence-electron chi connectivity index (χ2n) is 10.2. The number of phenolic OH excluding ortho intramolecular Hbond substituents is 1. The molecule has 0 saturated carbocycles. The molecular formula is C34H40OS2. The number of rotatable bonds is 8. The Balaban J connectivity index is 0.000000206. The van der Waals surface area contributed by atoms with Gasteiger partial charge in [0.1, 0.15) is 5.75 Å². The highest BCUT2D eigenvalue weighted by Gasteiger charge is 2.17. The molecule has 4 rings (SSSR count). The largest absolute Gasteiger partial charge is 0.508 e. The molecule has 1 unspecified atom stereocenters. The highest BCUT2D eigenvalue weighted by Crippen LogP contribution is 2.32. The monoisotopic (exact) mass is 528 g/mol. The summed E-state index contributed by atoms with van der Waals surface area (Å²) in [7, 11) is 0. The normalized spacial score (nSPS) is 11.9. The maximum absolute atomic E-state index is 9.27. The smallest absolute Gasteiger partial charge is 0.115 e. The van der Waals surface area contributed by atoms with E-state index in [2.05, 4.69) is 114 Å². The molecule has 0 saturated heterocycles. The second-order valence-corrected chi connectivity index (χ2v) is 12.4. The Kier molecular flexibility index (Phi) is 10.8. The van der Waals surface area contributed by atoms with E-state index in [4.69, 9.17) is 0 Å². The topological polar surface area (TPSA) is 20.2 Å². The van der Waals surface area contributed by atoms with Crippen LogP contribution in [-0.4, -0.2) is 5.11 Å². The molecule has 0 aliphatic heterocycles. The van der Waals surface area contributed by atoms with Gasteiger partial charge in [-0.1, -0.05) is 100 Å². The van der Waals surface area contributed by atoms with Crippen LogP contribution in [0.25, 0.3) is 0 Å². The molecule has 0 fully saturated rings. The van der Waals surface area contributed by atoms with Crippen molar-refractivity contribution in [3.05, 3.63) is 114 Å². The molecule has 0 aromatic heterocycles. The Morgan fingerprint density at radius 3 is 1.49 bits per heavy atom. The van der Waals surface area contributed by atoms with Crippen LogP contribution >= 0.6 is 23.5 Å². The van der Waals surface area contributed by atoms with E-state index in [0.717, 1.165) is 11.3 Å². The zero-order valence-electron chi connectivity index (χ0n) is 23.0. The van der Waals surface area contributed by atoms with Crippen molar-refractivity contribution in [3.63, 3.8) is 0 Å². The van der Waals surface area contributed by atoms with Gasteiger partial charge in [0.15, 0.2) is 0 Å². The molecule has 0 heterocycles. The molecule has 1 nitrogen and oxygen atoms in total. The average Bonchev–Trinajstić information content (AvgIpc) is 2.92. The second kappa shape index (κ2) is 13.8. The fourth-order valence-corrected chi connectivity index (χ4v) is 5.30. The number of aryl methyl sites for hydroxylation is 1. The van der Waals surface area contributed by atoms with E-state index in [1.54, 1.807) is 23.9 Å². The van der Waals surface area contributed by atoms with E-state index in [-0.39, 0.29) is 5.41 Å². The highest BCUT2D eigenvalue weighted by molar-refractivity contribution is 7.99. The van der Waals surface area contributed by atoms with Crippen LogP contribution in [-0.2, 0) is 5.41 Å². The minimum atomic E-state index is 0.238. The minimum absolute atomic E-state index is 0.238. The van der Waals surface area contributed by atoms with Crippen LogP contribution in [0.15, 0.2) is 117 Å². The van der Waals surface area contributed by atoms with Gasteiger partial charge in [-0.3, -0.25) is 0 Å². The van der Waals surface area contributed by atoms with E-state index in [1.165, 1.54) is 37.8 Å². The molecule has 0 spiro atoms. The van der Waals surface area contributed by atoms with Crippen LogP contribution in [0.5, 0.6) is 5.75 Å². The van der Waals surface area contributed by atoms with Crippen molar-refractivity contribution in [2.75, 3.05) is 0 Å². The van der Waals surface area contributed by atoms with Crippen molar-refractivity contribution < 1.29 is 5.11 Å². The predicted octanol–water partition coefficient (Wildman–Crippen LogP) is 10.9. The van der Waals surface area contributed by atoms with Crippen molar-refractivity contribution in [2.45, 2.75) is 85.3 Å². The molecule has 3 heteroatoms. The van der Waals surface area contributed by atoms with Crippen molar-refractivity contribution in [2.24, 2.45) is 0 Å². The van der Waals surface area contributed by atoms with Gasteiger partial charge in [-0.25, -0.2) is 0 Å². The Hall–Kier alpha value is -2.62. The summed E-state index contributed by atoms with van der Waals surface area (Å²) in [6.45, 7) is 13.4. The Morgan fingerprint density at radius 1 is 0.649 bits per heavy atom. The summed E-state index contributed by atoms with van der Waals surface area (Å²) in [4.78, 5) is 4.98. The molecule has 0 bridgehead atoms. The van der Waals surface area contributed by atoms with Crippen molar-refractivity contribution in [1.29, 1.82) is 0 Å². The first kappa shape index (κ1) is 28.9. The van der Waals surface area contributed by atoms with Gasteiger partial charge in [0, 0.05) is 19.6 Å². The van der Waals surface area contributed by atoms with E-state index in [1.807, 2.05) is 23.9 Å². The van der Waals surface area contributed by atoms with Gasteiger partial charge >= 0.3 is 0 Å². The lowest BCUT2D eigenvalue weighted by molar-refractivity contribution is 0.475. The lowest BCUT2D eigenvalue weighted by Crippen LogP contribution is -2.14. The Morgan fingerprint density at radius 2 is 1.05 bits per heavy atom. The zero-order chi connectivity index (χ0) is 26.8. The molecule has 0 amide bonds. The van der Waals surface area contributed by atoms with Crippen LogP contribution < -0.4 is 0 Å². The maximum atomic E-state index is 9.27. The quantitative estimate of drug-likeness (QED) is 0.245. The van der Waals surface area contributed by atoms with Crippen molar-refractivity contribution >= 4 is 23.5 Å². The molecule has 0 radical (unpaired) electrons. The molecule has 4 aromatic rings. The standard InChI is InChI=1S/C17H20OS.C17H20S/c1-4-17(2,3)13-5-9-15(10-6-13)19-16-11-7-14(18)8-12-16;1-4-14(3)15-7-11-17(12-8-15)18-16-9-5-13(2)6-10-16/h5-12,18H,4H2,1-3H3;5-12,14H,4H2,1-3H3. The van der Waals surface area contributed by atoms with Gasteiger partial charge in [0.25, 0.3) is 0 Å². The summed E-state index contributed by atoms with van der Waals surface area (Å²) in [6, 6.07) is 33.7. The average molecular weight is 529 g/mol. The third-order valence-corrected chi connectivity index (χ3v) is 8.94. The molecule has 4 aromatic carbocycles. The van der Waals surface area contributed by atoms with Crippen LogP contribution in [0.4, 0.5) is 0 Å². The SMILES string of the molecule is CCC(C)(C)c1ccc(Sc2ccc(O)cc2)cc1.CCC(C)c1ccc(Sc2ccc(C)cc2)cc1. The van der Waals surface area contributed by atoms with Crippen LogP contribution in [0.2, 0.25) is 0 Å². The van der Waals surface area contributed by atoms with E-state index in [9.17, 15) is 5.11 Å². The molecular weight excluding hydrogens is 489 g/mol. The number of hydrogen-bond donors (Lipinski definition) is 1. The molecule has 1 atom stereocenters. The molecule has 0 aliphatic carbocycles. The molecule has 194 valence electrons. The number of phenols is 1. The fraction of sp³-hybridized carbons (Fsp3) is 0.294. The van der Waals surface area contributed by atoms with Gasteiger partial charge in [-0.15, -0.1) is 0 Å². The summed E-state index contributed by atoms with van der Waals surface area (Å²) in [5.74, 6) is 0.966. The molecule has 0 aliphatic rings. The van der Waals surface area contributed by atoms with Crippen LogP contribution in [0.3, 0.4) is 0 Å². The van der Waals surface area contributed by atoms with Gasteiger partial charge in [-0.2, -0.15) is 0 Å². The Bertz CT molecular complexity index is 1210. The zero-order valence-corrected chi connectivity index (χ0v) is 24.6. The molecule has 1 N–H and O–H groups in total. The van der Waals surface area contributed by atoms with Crippen molar-refractivity contribution in [3.8, 4) is 5.75 Å². The van der Waals surface area contributed by atoms with Gasteiger partial charge in [-0.05, 0) is 103 Å². The number of benzene rings is 4. The van der Waals surface area contributed by atoms with Crippen LogP contribution in [0.1, 0.15) is 70.1 Å². The predicted molar refractivity (Wildman–Crippen MR) is 162 cm³/mol. The first-order valence-corrected chi connectivity index (χ1v) is 14.8. The van der Waals surface area contributed by atoms with E-state index in [0.29, 0.717) is 11.7 Å². The van der Waals surface area contributed by atoms with Crippen molar-refractivity contribution in [1.82, 2.24) is 0 Å². The lowest BCUT2D eigenvalue weighted by Gasteiger charge is -2.23. The summed E-state index contributed by atoms with van der Waals surface area (Å²) in [6.07, 6.45) is 2.34. The van der Waals surface area contributed by atoms with E-state index >= 15 is 0 Å². The first-order valence-electron chi connectivity index (χ1n) is 13.1. The summed E-state index contributed by atoms with van der Waals surface area (Å²) < 4.78 is 0. The molecule has 37 heavy (non-hydrogen) atoms.